The number of furan rings is 1. The molecule has 1 saturated heterocycles. The number of nitrogens with zero attached hydrogens (tertiary/aromatic N) is 1. The van der Waals surface area contributed by atoms with Crippen LogP contribution in [0, 0.1) is 0 Å². The van der Waals surface area contributed by atoms with E-state index in [4.69, 9.17) is 9.52 Å². The van der Waals surface area contributed by atoms with Crippen LogP contribution in [-0.2, 0) is 0 Å². The van der Waals surface area contributed by atoms with E-state index in [1.54, 1.807) is 24.3 Å². The second kappa shape index (κ2) is 7.21. The number of aromatic carboxylic acids is 1. The van der Waals surface area contributed by atoms with Crippen molar-refractivity contribution in [3.8, 4) is 0 Å². The first-order valence-corrected chi connectivity index (χ1v) is 8.07. The van der Waals surface area contributed by atoms with Crippen LogP contribution >= 0.6 is 0 Å². The predicted octanol–water partition coefficient (Wildman–Crippen LogP) is 2.86. The molecule has 0 spiro atoms. The predicted molar refractivity (Wildman–Crippen MR) is 89.8 cm³/mol. The molecule has 2 aromatic rings. The molecule has 0 saturated carbocycles. The van der Waals surface area contributed by atoms with Gasteiger partial charge in [-0.3, -0.25) is 9.59 Å². The zero-order valence-electron chi connectivity index (χ0n) is 13.5. The fourth-order valence-corrected chi connectivity index (χ4v) is 2.77. The number of carbonyl (C=O) groups excluding carboxylic acids is 2. The van der Waals surface area contributed by atoms with Crippen molar-refractivity contribution in [2.45, 2.75) is 19.3 Å². The highest BCUT2D eigenvalue weighted by atomic mass is 16.4. The summed E-state index contributed by atoms with van der Waals surface area (Å²) in [6.45, 7) is 1.50. The topological polar surface area (TPSA) is 99.8 Å². The summed E-state index contributed by atoms with van der Waals surface area (Å²) in [5.41, 5.74) is 0.852. The quantitative estimate of drug-likeness (QED) is 0.890. The lowest BCUT2D eigenvalue weighted by Crippen LogP contribution is -2.35. The summed E-state index contributed by atoms with van der Waals surface area (Å²) in [6, 6.07) is 7.82. The molecule has 2 N–H and O–H groups in total. The SMILES string of the molecule is O=C(O)c1coc(C(=O)Nc2cccc(C(=O)N3CCCCC3)c2)c1. The van der Waals surface area contributed by atoms with Crippen molar-refractivity contribution in [2.75, 3.05) is 18.4 Å². The highest BCUT2D eigenvalue weighted by molar-refractivity contribution is 6.04. The van der Waals surface area contributed by atoms with Gasteiger partial charge in [0.15, 0.2) is 5.76 Å². The number of benzene rings is 1. The van der Waals surface area contributed by atoms with E-state index in [1.807, 2.05) is 4.90 Å². The van der Waals surface area contributed by atoms with Gasteiger partial charge in [0.2, 0.25) is 0 Å². The monoisotopic (exact) mass is 342 g/mol. The molecule has 0 unspecified atom stereocenters. The van der Waals surface area contributed by atoms with Crippen LogP contribution in [0.4, 0.5) is 5.69 Å². The van der Waals surface area contributed by atoms with Gasteiger partial charge in [0, 0.05) is 30.4 Å². The van der Waals surface area contributed by atoms with Crippen molar-refractivity contribution >= 4 is 23.5 Å². The van der Waals surface area contributed by atoms with Gasteiger partial charge in [-0.2, -0.15) is 0 Å². The maximum Gasteiger partial charge on any atom is 0.338 e. The minimum absolute atomic E-state index is 0.0537. The van der Waals surface area contributed by atoms with Crippen molar-refractivity contribution in [1.82, 2.24) is 4.90 Å². The lowest BCUT2D eigenvalue weighted by Gasteiger charge is -2.26. The first-order chi connectivity index (χ1) is 12.0. The number of carboxylic acids is 1. The van der Waals surface area contributed by atoms with Crippen molar-refractivity contribution in [2.24, 2.45) is 0 Å². The van der Waals surface area contributed by atoms with Gasteiger partial charge < -0.3 is 19.7 Å². The summed E-state index contributed by atoms with van der Waals surface area (Å²) < 4.78 is 4.96. The van der Waals surface area contributed by atoms with Crippen LogP contribution in [0.2, 0.25) is 0 Å². The molecule has 3 rings (SSSR count). The summed E-state index contributed by atoms with van der Waals surface area (Å²) in [5, 5.41) is 11.5. The van der Waals surface area contributed by atoms with Crippen molar-refractivity contribution in [1.29, 1.82) is 0 Å². The largest absolute Gasteiger partial charge is 0.478 e. The summed E-state index contributed by atoms with van der Waals surface area (Å²) in [4.78, 5) is 37.3. The number of anilines is 1. The van der Waals surface area contributed by atoms with E-state index in [0.29, 0.717) is 11.3 Å². The summed E-state index contributed by atoms with van der Waals surface area (Å²) >= 11 is 0. The fourth-order valence-electron chi connectivity index (χ4n) is 2.77. The average molecular weight is 342 g/mol. The van der Waals surface area contributed by atoms with E-state index < -0.39 is 11.9 Å². The van der Waals surface area contributed by atoms with Gasteiger partial charge in [-0.25, -0.2) is 4.79 Å². The van der Waals surface area contributed by atoms with Gasteiger partial charge in [0.1, 0.15) is 6.26 Å². The van der Waals surface area contributed by atoms with Crippen LogP contribution in [0.3, 0.4) is 0 Å². The Kier molecular flexibility index (Phi) is 4.83. The second-order valence-electron chi connectivity index (χ2n) is 5.89. The van der Waals surface area contributed by atoms with Crippen molar-refractivity contribution < 1.29 is 23.9 Å². The Hall–Kier alpha value is -3.09. The van der Waals surface area contributed by atoms with E-state index in [-0.39, 0.29) is 17.2 Å². The second-order valence-corrected chi connectivity index (χ2v) is 5.89. The minimum Gasteiger partial charge on any atom is -0.478 e. The molecule has 1 aliphatic rings. The molecule has 2 amide bonds. The number of hydrogen-bond acceptors (Lipinski definition) is 4. The molecule has 7 nitrogen and oxygen atoms in total. The molecule has 0 radical (unpaired) electrons. The van der Waals surface area contributed by atoms with E-state index in [9.17, 15) is 14.4 Å². The van der Waals surface area contributed by atoms with Gasteiger partial charge in [0.05, 0.1) is 5.56 Å². The standard InChI is InChI=1S/C18H18N2O5/c21-16(15-10-13(11-25-15)18(23)24)19-14-6-4-5-12(9-14)17(22)20-7-2-1-3-8-20/h4-6,9-11H,1-3,7-8H2,(H,19,21)(H,23,24). The third-order valence-electron chi connectivity index (χ3n) is 4.08. The summed E-state index contributed by atoms with van der Waals surface area (Å²) in [7, 11) is 0. The third-order valence-corrected chi connectivity index (χ3v) is 4.08. The molecule has 7 heteroatoms. The summed E-state index contributed by atoms with van der Waals surface area (Å²) in [6.07, 6.45) is 4.16. The van der Waals surface area contributed by atoms with Crippen LogP contribution in [0.5, 0.6) is 0 Å². The van der Waals surface area contributed by atoms with Gasteiger partial charge >= 0.3 is 5.97 Å². The van der Waals surface area contributed by atoms with Gasteiger partial charge in [-0.1, -0.05) is 6.07 Å². The number of piperidine rings is 1. The average Bonchev–Trinajstić information content (AvgIpc) is 3.13. The van der Waals surface area contributed by atoms with Crippen LogP contribution in [0.1, 0.15) is 50.5 Å². The van der Waals surface area contributed by atoms with Crippen LogP contribution in [-0.4, -0.2) is 40.9 Å². The number of nitrogens with one attached hydrogen (secondary N) is 1. The molecule has 1 aliphatic heterocycles. The molecule has 1 aromatic carbocycles. The maximum atomic E-state index is 12.5. The van der Waals surface area contributed by atoms with Crippen molar-refractivity contribution in [3.05, 3.63) is 53.5 Å². The molecule has 0 bridgehead atoms. The van der Waals surface area contributed by atoms with E-state index in [0.717, 1.165) is 44.7 Å². The lowest BCUT2D eigenvalue weighted by molar-refractivity contribution is 0.0693. The Morgan fingerprint density at radius 2 is 1.80 bits per heavy atom. The highest BCUT2D eigenvalue weighted by Gasteiger charge is 2.19. The number of carbonyl (C=O) groups is 3. The van der Waals surface area contributed by atoms with Crippen molar-refractivity contribution in [3.63, 3.8) is 0 Å². The Balaban J connectivity index is 1.71. The Bertz CT molecular complexity index is 805. The van der Waals surface area contributed by atoms with Gasteiger partial charge in [-0.15, -0.1) is 0 Å². The number of amides is 2. The number of hydrogen-bond donors (Lipinski definition) is 2. The summed E-state index contributed by atoms with van der Waals surface area (Å²) in [5.74, 6) is -1.90. The smallest absolute Gasteiger partial charge is 0.338 e. The molecule has 1 fully saturated rings. The Morgan fingerprint density at radius 1 is 1.04 bits per heavy atom. The molecule has 1 aromatic heterocycles. The molecule has 25 heavy (non-hydrogen) atoms. The fraction of sp³-hybridized carbons (Fsp3) is 0.278. The molecule has 0 aliphatic carbocycles. The number of carboxylic acid groups (broad SMARTS) is 1. The van der Waals surface area contributed by atoms with Crippen LogP contribution < -0.4 is 5.32 Å². The number of rotatable bonds is 4. The highest BCUT2D eigenvalue weighted by Crippen LogP contribution is 2.17. The lowest BCUT2D eigenvalue weighted by atomic mass is 10.1. The molecular weight excluding hydrogens is 324 g/mol. The molecule has 130 valence electrons. The molecule has 0 atom stereocenters. The van der Waals surface area contributed by atoms with E-state index >= 15 is 0 Å². The Labute approximate surface area is 144 Å². The normalized spacial score (nSPS) is 14.2. The van der Waals surface area contributed by atoms with Crippen LogP contribution in [0.25, 0.3) is 0 Å². The van der Waals surface area contributed by atoms with Gasteiger partial charge in [0.25, 0.3) is 11.8 Å². The minimum atomic E-state index is -1.17. The molecular formula is C18H18N2O5. The van der Waals surface area contributed by atoms with E-state index in [2.05, 4.69) is 5.32 Å². The molecule has 2 heterocycles. The maximum absolute atomic E-state index is 12.5. The third kappa shape index (κ3) is 3.88. The zero-order chi connectivity index (χ0) is 17.8. The first kappa shape index (κ1) is 16.8. The van der Waals surface area contributed by atoms with Gasteiger partial charge in [-0.05, 0) is 37.5 Å². The Morgan fingerprint density at radius 3 is 2.48 bits per heavy atom. The van der Waals surface area contributed by atoms with E-state index in [1.165, 1.54) is 0 Å². The van der Waals surface area contributed by atoms with Crippen LogP contribution in [0.15, 0.2) is 41.0 Å². The number of likely N-dealkylation sites (tertiary alicyclic amines) is 1. The first-order valence-electron chi connectivity index (χ1n) is 8.07. The zero-order valence-corrected chi connectivity index (χ0v) is 13.5.